The first-order valence-corrected chi connectivity index (χ1v) is 5.84. The molecule has 0 aliphatic carbocycles. The summed E-state index contributed by atoms with van der Waals surface area (Å²) in [5.41, 5.74) is 2.21. The van der Waals surface area contributed by atoms with Crippen LogP contribution in [-0.2, 0) is 0 Å². The van der Waals surface area contributed by atoms with Gasteiger partial charge < -0.3 is 4.90 Å². The van der Waals surface area contributed by atoms with Gasteiger partial charge in [0, 0.05) is 18.8 Å². The summed E-state index contributed by atoms with van der Waals surface area (Å²) in [5.74, 6) is 0. The topological polar surface area (TPSA) is 39.9 Å². The lowest BCUT2D eigenvalue weighted by molar-refractivity contribution is 0.789. The number of aryl methyl sites for hydroxylation is 1. The van der Waals surface area contributed by atoms with Crippen LogP contribution in [-0.4, -0.2) is 18.1 Å². The summed E-state index contributed by atoms with van der Waals surface area (Å²) in [7, 11) is 0. The van der Waals surface area contributed by atoms with Gasteiger partial charge in [0.15, 0.2) is 0 Å². The minimum atomic E-state index is 0.298. The van der Waals surface area contributed by atoms with E-state index in [4.69, 9.17) is 16.9 Å². The lowest BCUT2D eigenvalue weighted by Crippen LogP contribution is -2.24. The quantitative estimate of drug-likeness (QED) is 0.756. The van der Waals surface area contributed by atoms with E-state index in [0.29, 0.717) is 10.7 Å². The summed E-state index contributed by atoms with van der Waals surface area (Å²) >= 11 is 5.98. The van der Waals surface area contributed by atoms with Gasteiger partial charge in [-0.3, -0.25) is 0 Å². The first kappa shape index (κ1) is 12.8. The first-order chi connectivity index (χ1) is 7.63. The second kappa shape index (κ2) is 5.72. The molecular formula is C12H16ClN3. The van der Waals surface area contributed by atoms with Crippen molar-refractivity contribution < 1.29 is 0 Å². The average Bonchev–Trinajstić information content (AvgIpc) is 2.25. The monoisotopic (exact) mass is 237 g/mol. The number of rotatable bonds is 4. The van der Waals surface area contributed by atoms with E-state index < -0.39 is 0 Å². The number of pyridine rings is 1. The van der Waals surface area contributed by atoms with Crippen LogP contribution < -0.4 is 4.90 Å². The summed E-state index contributed by atoms with van der Waals surface area (Å²) in [4.78, 5) is 6.25. The fourth-order valence-corrected chi connectivity index (χ4v) is 1.96. The molecule has 0 unspecified atom stereocenters. The molecule has 0 aliphatic rings. The van der Waals surface area contributed by atoms with Gasteiger partial charge in [0.1, 0.15) is 16.8 Å². The number of aromatic nitrogens is 1. The van der Waals surface area contributed by atoms with Crippen LogP contribution in [0.4, 0.5) is 5.69 Å². The number of halogens is 1. The van der Waals surface area contributed by atoms with Crippen molar-refractivity contribution in [2.75, 3.05) is 18.0 Å². The van der Waals surface area contributed by atoms with Crippen LogP contribution in [0.25, 0.3) is 0 Å². The zero-order chi connectivity index (χ0) is 12.1. The molecule has 0 radical (unpaired) electrons. The maximum atomic E-state index is 9.10. The van der Waals surface area contributed by atoms with Crippen molar-refractivity contribution in [2.24, 2.45) is 0 Å². The minimum absolute atomic E-state index is 0.298. The van der Waals surface area contributed by atoms with E-state index in [1.807, 2.05) is 13.0 Å². The molecule has 0 N–H and O–H groups in total. The Hall–Kier alpha value is -1.27. The summed E-state index contributed by atoms with van der Waals surface area (Å²) in [6.45, 7) is 7.86. The van der Waals surface area contributed by atoms with Crippen molar-refractivity contribution in [1.29, 1.82) is 5.26 Å². The molecule has 1 rings (SSSR count). The van der Waals surface area contributed by atoms with Crippen molar-refractivity contribution in [2.45, 2.75) is 27.2 Å². The van der Waals surface area contributed by atoms with Crippen LogP contribution in [0.1, 0.15) is 31.5 Å². The van der Waals surface area contributed by atoms with E-state index in [1.165, 1.54) is 0 Å². The number of nitrogens with zero attached hydrogens (tertiary/aromatic N) is 3. The standard InChI is InChI=1S/C12H16ClN3/c1-4-6-16(5-2)11-7-9(3)15-12(13)10(11)8-14/h7H,4-6H2,1-3H3. The van der Waals surface area contributed by atoms with Gasteiger partial charge in [-0.05, 0) is 26.3 Å². The maximum Gasteiger partial charge on any atom is 0.149 e. The van der Waals surface area contributed by atoms with Gasteiger partial charge in [-0.15, -0.1) is 0 Å². The Morgan fingerprint density at radius 1 is 1.50 bits per heavy atom. The molecule has 0 spiro atoms. The van der Waals surface area contributed by atoms with E-state index in [-0.39, 0.29) is 0 Å². The largest absolute Gasteiger partial charge is 0.371 e. The molecule has 0 saturated heterocycles. The van der Waals surface area contributed by atoms with Crippen LogP contribution in [0.3, 0.4) is 0 Å². The van der Waals surface area contributed by atoms with Gasteiger partial charge >= 0.3 is 0 Å². The third-order valence-corrected chi connectivity index (χ3v) is 2.68. The van der Waals surface area contributed by atoms with E-state index in [1.54, 1.807) is 0 Å². The Bertz CT molecular complexity index is 409. The molecule has 0 bridgehead atoms. The minimum Gasteiger partial charge on any atom is -0.371 e. The molecule has 0 amide bonds. The van der Waals surface area contributed by atoms with Crippen molar-refractivity contribution >= 4 is 17.3 Å². The van der Waals surface area contributed by atoms with Crippen LogP contribution in [0.2, 0.25) is 5.15 Å². The molecule has 0 saturated carbocycles. The summed E-state index contributed by atoms with van der Waals surface area (Å²) < 4.78 is 0. The molecule has 1 heterocycles. The second-order valence-electron chi connectivity index (χ2n) is 3.64. The molecular weight excluding hydrogens is 222 g/mol. The highest BCUT2D eigenvalue weighted by Gasteiger charge is 2.14. The van der Waals surface area contributed by atoms with Crippen LogP contribution in [0, 0.1) is 18.3 Å². The van der Waals surface area contributed by atoms with Gasteiger partial charge in [0.05, 0.1) is 5.69 Å². The third kappa shape index (κ3) is 2.65. The van der Waals surface area contributed by atoms with E-state index in [9.17, 15) is 0 Å². The van der Waals surface area contributed by atoms with Crippen molar-refractivity contribution in [3.8, 4) is 6.07 Å². The van der Waals surface area contributed by atoms with Gasteiger partial charge in [-0.2, -0.15) is 5.26 Å². The summed E-state index contributed by atoms with van der Waals surface area (Å²) in [5, 5.41) is 9.40. The molecule has 3 nitrogen and oxygen atoms in total. The van der Waals surface area contributed by atoms with Crippen molar-refractivity contribution in [1.82, 2.24) is 4.98 Å². The smallest absolute Gasteiger partial charge is 0.149 e. The van der Waals surface area contributed by atoms with Crippen LogP contribution >= 0.6 is 11.6 Å². The predicted octanol–water partition coefficient (Wildman–Crippen LogP) is 3.15. The molecule has 0 atom stereocenters. The lowest BCUT2D eigenvalue weighted by Gasteiger charge is -2.24. The Kier molecular flexibility index (Phi) is 4.57. The van der Waals surface area contributed by atoms with E-state index in [0.717, 1.165) is 30.9 Å². The number of hydrogen-bond acceptors (Lipinski definition) is 3. The Morgan fingerprint density at radius 2 is 2.19 bits per heavy atom. The van der Waals surface area contributed by atoms with Crippen molar-refractivity contribution in [3.05, 3.63) is 22.5 Å². The fourth-order valence-electron chi connectivity index (χ4n) is 1.69. The summed E-state index contributed by atoms with van der Waals surface area (Å²) in [6.07, 6.45) is 1.04. The van der Waals surface area contributed by atoms with Gasteiger partial charge in [-0.1, -0.05) is 18.5 Å². The second-order valence-corrected chi connectivity index (χ2v) is 4.00. The molecule has 4 heteroatoms. The number of nitriles is 1. The van der Waals surface area contributed by atoms with Gasteiger partial charge in [-0.25, -0.2) is 4.98 Å². The predicted molar refractivity (Wildman–Crippen MR) is 66.9 cm³/mol. The van der Waals surface area contributed by atoms with E-state index >= 15 is 0 Å². The Balaban J connectivity index is 3.24. The molecule has 0 fully saturated rings. The zero-order valence-corrected chi connectivity index (χ0v) is 10.7. The van der Waals surface area contributed by atoms with Crippen LogP contribution in [0.5, 0.6) is 0 Å². The molecule has 16 heavy (non-hydrogen) atoms. The average molecular weight is 238 g/mol. The van der Waals surface area contributed by atoms with Crippen molar-refractivity contribution in [3.63, 3.8) is 0 Å². The zero-order valence-electron chi connectivity index (χ0n) is 9.92. The summed E-state index contributed by atoms with van der Waals surface area (Å²) in [6, 6.07) is 4.05. The highest BCUT2D eigenvalue weighted by Crippen LogP contribution is 2.26. The Labute approximate surface area is 102 Å². The maximum absolute atomic E-state index is 9.10. The van der Waals surface area contributed by atoms with Gasteiger partial charge in [0.2, 0.25) is 0 Å². The fraction of sp³-hybridized carbons (Fsp3) is 0.500. The third-order valence-electron chi connectivity index (χ3n) is 2.41. The lowest BCUT2D eigenvalue weighted by atomic mass is 10.2. The number of anilines is 1. The highest BCUT2D eigenvalue weighted by atomic mass is 35.5. The van der Waals surface area contributed by atoms with Crippen LogP contribution in [0.15, 0.2) is 6.07 Å². The Morgan fingerprint density at radius 3 is 2.69 bits per heavy atom. The van der Waals surface area contributed by atoms with Gasteiger partial charge in [0.25, 0.3) is 0 Å². The molecule has 1 aromatic heterocycles. The molecule has 0 aromatic carbocycles. The SMILES string of the molecule is CCCN(CC)c1cc(C)nc(Cl)c1C#N. The highest BCUT2D eigenvalue weighted by molar-refractivity contribution is 6.31. The molecule has 86 valence electrons. The molecule has 1 aromatic rings. The number of hydrogen-bond donors (Lipinski definition) is 0. The normalized spacial score (nSPS) is 9.94. The first-order valence-electron chi connectivity index (χ1n) is 5.46. The molecule has 0 aliphatic heterocycles. The van der Waals surface area contributed by atoms with E-state index in [2.05, 4.69) is 29.8 Å².